The second-order valence-corrected chi connectivity index (χ2v) is 7.07. The summed E-state index contributed by atoms with van der Waals surface area (Å²) in [6, 6.07) is 17.1. The zero-order valence-corrected chi connectivity index (χ0v) is 16.6. The zero-order chi connectivity index (χ0) is 18.8. The van der Waals surface area contributed by atoms with E-state index in [4.69, 9.17) is 17.3 Å². The molecule has 0 radical (unpaired) electrons. The Kier molecular flexibility index (Phi) is 6.28. The number of nitrogens with zero attached hydrogens (tertiary/aromatic N) is 5. The van der Waals surface area contributed by atoms with Gasteiger partial charge >= 0.3 is 0 Å². The lowest BCUT2D eigenvalue weighted by Crippen LogP contribution is -2.34. The minimum absolute atomic E-state index is 0. The fraction of sp³-hybridized carbons (Fsp3) is 0.263. The smallest absolute Gasteiger partial charge is 0.246 e. The summed E-state index contributed by atoms with van der Waals surface area (Å²) in [5.74, 6) is 0.534. The zero-order valence-electron chi connectivity index (χ0n) is 15.0. The molecule has 0 spiro atoms. The quantitative estimate of drug-likeness (QED) is 0.702. The number of amides is 1. The largest absolute Gasteiger partial charge is 0.339 e. The van der Waals surface area contributed by atoms with Gasteiger partial charge in [0.15, 0.2) is 0 Å². The van der Waals surface area contributed by atoms with Crippen LogP contribution in [-0.2, 0) is 11.3 Å². The maximum Gasteiger partial charge on any atom is 0.246 e. The van der Waals surface area contributed by atoms with Gasteiger partial charge in [0, 0.05) is 35.6 Å². The summed E-state index contributed by atoms with van der Waals surface area (Å²) >= 11 is 5.89. The van der Waals surface area contributed by atoms with E-state index < -0.39 is 0 Å². The summed E-state index contributed by atoms with van der Waals surface area (Å²) in [5.41, 5.74) is 8.22. The van der Waals surface area contributed by atoms with Crippen LogP contribution in [0.4, 0.5) is 0 Å². The van der Waals surface area contributed by atoms with Crippen LogP contribution in [0.5, 0.6) is 0 Å². The lowest BCUT2D eigenvalue weighted by atomic mass is 9.95. The maximum absolute atomic E-state index is 12.7. The SMILES string of the molecule is Cl.N[C@@H]1CN(C(=O)Cn2nnc(-c3ccc(Cl)cc3)n2)C[C@H]1c1ccccc1. The van der Waals surface area contributed by atoms with Crippen molar-refractivity contribution in [2.75, 3.05) is 13.1 Å². The Morgan fingerprint density at radius 3 is 2.54 bits per heavy atom. The summed E-state index contributed by atoms with van der Waals surface area (Å²) in [6.45, 7) is 1.16. The highest BCUT2D eigenvalue weighted by Crippen LogP contribution is 2.26. The highest BCUT2D eigenvalue weighted by molar-refractivity contribution is 6.30. The van der Waals surface area contributed by atoms with Gasteiger partial charge in [0.2, 0.25) is 11.7 Å². The minimum Gasteiger partial charge on any atom is -0.339 e. The van der Waals surface area contributed by atoms with Crippen LogP contribution in [0.1, 0.15) is 11.5 Å². The molecule has 2 atom stereocenters. The van der Waals surface area contributed by atoms with Gasteiger partial charge in [0.25, 0.3) is 0 Å². The second-order valence-electron chi connectivity index (χ2n) is 6.63. The molecule has 4 rings (SSSR count). The van der Waals surface area contributed by atoms with Gasteiger partial charge in [-0.05, 0) is 35.0 Å². The molecule has 28 heavy (non-hydrogen) atoms. The molecule has 146 valence electrons. The first-order valence-electron chi connectivity index (χ1n) is 8.72. The standard InChI is InChI=1S/C19H19ClN6O.ClH/c20-15-8-6-14(7-9-15)19-22-24-26(23-19)12-18(27)25-10-16(17(21)11-25)13-4-2-1-3-5-13;/h1-9,16-17H,10-12,21H2;1H/t16-,17+;/m0./s1. The summed E-state index contributed by atoms with van der Waals surface area (Å²) in [5, 5.41) is 12.9. The Hall–Kier alpha value is -2.48. The van der Waals surface area contributed by atoms with Crippen LogP contribution in [0.15, 0.2) is 54.6 Å². The maximum atomic E-state index is 12.7. The van der Waals surface area contributed by atoms with Gasteiger partial charge in [-0.3, -0.25) is 4.79 Å². The molecule has 9 heteroatoms. The van der Waals surface area contributed by atoms with E-state index in [-0.39, 0.29) is 36.8 Å². The van der Waals surface area contributed by atoms with E-state index in [0.717, 1.165) is 11.1 Å². The summed E-state index contributed by atoms with van der Waals surface area (Å²) in [7, 11) is 0. The molecule has 1 saturated heterocycles. The van der Waals surface area contributed by atoms with Crippen molar-refractivity contribution in [3.63, 3.8) is 0 Å². The fourth-order valence-corrected chi connectivity index (χ4v) is 3.46. The molecular weight excluding hydrogens is 399 g/mol. The van der Waals surface area contributed by atoms with E-state index in [1.54, 1.807) is 17.0 Å². The molecule has 1 fully saturated rings. The van der Waals surface area contributed by atoms with Gasteiger partial charge in [-0.25, -0.2) is 0 Å². The lowest BCUT2D eigenvalue weighted by molar-refractivity contribution is -0.131. The fourth-order valence-electron chi connectivity index (χ4n) is 3.33. The average Bonchev–Trinajstić information content (AvgIpc) is 3.30. The highest BCUT2D eigenvalue weighted by atomic mass is 35.5. The number of rotatable bonds is 4. The average molecular weight is 419 g/mol. The van der Waals surface area contributed by atoms with Crippen LogP contribution in [-0.4, -0.2) is 50.1 Å². The van der Waals surface area contributed by atoms with Crippen molar-refractivity contribution in [3.05, 3.63) is 65.2 Å². The van der Waals surface area contributed by atoms with Gasteiger partial charge in [-0.15, -0.1) is 22.6 Å². The first-order chi connectivity index (χ1) is 13.1. The van der Waals surface area contributed by atoms with Crippen LogP contribution in [0.2, 0.25) is 5.02 Å². The van der Waals surface area contributed by atoms with Gasteiger partial charge in [-0.2, -0.15) is 4.80 Å². The Labute approximate surface area is 173 Å². The molecule has 2 N–H and O–H groups in total. The van der Waals surface area contributed by atoms with Crippen LogP contribution in [0, 0.1) is 0 Å². The van der Waals surface area contributed by atoms with Crippen molar-refractivity contribution in [1.29, 1.82) is 0 Å². The van der Waals surface area contributed by atoms with E-state index in [2.05, 4.69) is 27.5 Å². The molecule has 1 aliphatic rings. The number of nitrogens with two attached hydrogens (primary N) is 1. The second kappa shape index (κ2) is 8.68. The van der Waals surface area contributed by atoms with Gasteiger partial charge in [0.1, 0.15) is 6.54 Å². The Morgan fingerprint density at radius 2 is 1.82 bits per heavy atom. The van der Waals surface area contributed by atoms with Crippen molar-refractivity contribution in [1.82, 2.24) is 25.1 Å². The number of hydrogen-bond donors (Lipinski definition) is 1. The Balaban J connectivity index is 0.00000225. The predicted octanol–water partition coefficient (Wildman–Crippen LogP) is 2.37. The summed E-state index contributed by atoms with van der Waals surface area (Å²) in [4.78, 5) is 15.7. The van der Waals surface area contributed by atoms with Crippen LogP contribution in [0.25, 0.3) is 11.4 Å². The van der Waals surface area contributed by atoms with Gasteiger partial charge in [0.05, 0.1) is 0 Å². The monoisotopic (exact) mass is 418 g/mol. The van der Waals surface area contributed by atoms with E-state index in [9.17, 15) is 4.79 Å². The van der Waals surface area contributed by atoms with Crippen LogP contribution in [0.3, 0.4) is 0 Å². The number of benzene rings is 2. The van der Waals surface area contributed by atoms with Crippen molar-refractivity contribution < 1.29 is 4.79 Å². The normalized spacial score (nSPS) is 18.7. The molecule has 7 nitrogen and oxygen atoms in total. The van der Waals surface area contributed by atoms with Gasteiger partial charge < -0.3 is 10.6 Å². The number of tetrazole rings is 1. The molecule has 2 aromatic carbocycles. The van der Waals surface area contributed by atoms with Crippen LogP contribution >= 0.6 is 24.0 Å². The third-order valence-corrected chi connectivity index (χ3v) is 5.03. The Morgan fingerprint density at radius 1 is 1.11 bits per heavy atom. The number of likely N-dealkylation sites (tertiary alicyclic amines) is 1. The number of carbonyl (C=O) groups is 1. The molecule has 0 unspecified atom stereocenters. The highest BCUT2D eigenvalue weighted by Gasteiger charge is 2.34. The van der Waals surface area contributed by atoms with E-state index in [1.807, 2.05) is 30.3 Å². The molecule has 3 aromatic rings. The van der Waals surface area contributed by atoms with Crippen LogP contribution < -0.4 is 5.73 Å². The van der Waals surface area contributed by atoms with E-state index >= 15 is 0 Å². The van der Waals surface area contributed by atoms with Crippen molar-refractivity contribution >= 4 is 29.9 Å². The summed E-state index contributed by atoms with van der Waals surface area (Å²) < 4.78 is 0. The molecule has 0 aliphatic carbocycles. The molecule has 2 heterocycles. The molecule has 0 bridgehead atoms. The van der Waals surface area contributed by atoms with E-state index in [1.165, 1.54) is 4.80 Å². The van der Waals surface area contributed by atoms with Crippen molar-refractivity contribution in [3.8, 4) is 11.4 Å². The number of halogens is 2. The first kappa shape index (κ1) is 20.3. The molecule has 1 aliphatic heterocycles. The topological polar surface area (TPSA) is 89.9 Å². The lowest BCUT2D eigenvalue weighted by Gasteiger charge is -2.16. The minimum atomic E-state index is -0.0790. The third kappa shape index (κ3) is 4.32. The first-order valence-corrected chi connectivity index (χ1v) is 9.10. The predicted molar refractivity (Wildman–Crippen MR) is 109 cm³/mol. The van der Waals surface area contributed by atoms with E-state index in [0.29, 0.717) is 23.9 Å². The Bertz CT molecular complexity index is 931. The molecule has 0 saturated carbocycles. The number of hydrogen-bond acceptors (Lipinski definition) is 5. The third-order valence-electron chi connectivity index (χ3n) is 4.78. The molecule has 1 amide bonds. The molecular formula is C19H20Cl2N6O. The van der Waals surface area contributed by atoms with Crippen molar-refractivity contribution in [2.45, 2.75) is 18.5 Å². The number of aromatic nitrogens is 4. The molecule has 1 aromatic heterocycles. The van der Waals surface area contributed by atoms with Crippen molar-refractivity contribution in [2.24, 2.45) is 5.73 Å². The summed E-state index contributed by atoms with van der Waals surface area (Å²) in [6.07, 6.45) is 0. The van der Waals surface area contributed by atoms with Gasteiger partial charge in [-0.1, -0.05) is 41.9 Å². The number of carbonyl (C=O) groups excluding carboxylic acids is 1.